The third kappa shape index (κ3) is 0.516. The molecular formula is C7H10O3. The minimum absolute atomic E-state index is 0.0220. The van der Waals surface area contributed by atoms with E-state index in [0.29, 0.717) is 18.1 Å². The van der Waals surface area contributed by atoms with Crippen molar-refractivity contribution in [3.05, 3.63) is 0 Å². The zero-order valence-corrected chi connectivity index (χ0v) is 5.82. The minimum Gasteiger partial charge on any atom is -0.366 e. The van der Waals surface area contributed by atoms with Crippen LogP contribution in [0.2, 0.25) is 0 Å². The Morgan fingerprint density at radius 1 is 1.20 bits per heavy atom. The van der Waals surface area contributed by atoms with Crippen molar-refractivity contribution in [3.63, 3.8) is 0 Å². The van der Waals surface area contributed by atoms with Gasteiger partial charge in [-0.2, -0.15) is 0 Å². The van der Waals surface area contributed by atoms with Crippen LogP contribution in [0.5, 0.6) is 0 Å². The molecule has 3 fully saturated rings. The summed E-state index contributed by atoms with van der Waals surface area (Å²) in [6.45, 7) is 2.85. The van der Waals surface area contributed by atoms with Crippen molar-refractivity contribution >= 4 is 0 Å². The van der Waals surface area contributed by atoms with E-state index in [0.717, 1.165) is 6.61 Å². The molecule has 0 aromatic heterocycles. The van der Waals surface area contributed by atoms with Gasteiger partial charge in [0.05, 0.1) is 12.7 Å². The number of hydrogen-bond acceptors (Lipinski definition) is 3. The van der Waals surface area contributed by atoms with Crippen LogP contribution in [0.4, 0.5) is 0 Å². The Morgan fingerprint density at radius 3 is 3.00 bits per heavy atom. The van der Waals surface area contributed by atoms with Crippen LogP contribution in [0.15, 0.2) is 0 Å². The lowest BCUT2D eigenvalue weighted by atomic mass is 10.0. The first-order chi connectivity index (χ1) is 4.86. The molecule has 3 aliphatic heterocycles. The van der Waals surface area contributed by atoms with Gasteiger partial charge in [0.2, 0.25) is 0 Å². The predicted octanol–water partition coefficient (Wildman–Crippen LogP) is 0.145. The zero-order chi connectivity index (χ0) is 6.72. The average Bonchev–Trinajstić information content (AvgIpc) is 2.61. The maximum Gasteiger partial charge on any atom is 0.163 e. The molecule has 3 heterocycles. The summed E-state index contributed by atoms with van der Waals surface area (Å²) < 4.78 is 16.3. The van der Waals surface area contributed by atoms with E-state index >= 15 is 0 Å². The predicted molar refractivity (Wildman–Crippen MR) is 32.4 cm³/mol. The van der Waals surface area contributed by atoms with Gasteiger partial charge in [0.1, 0.15) is 12.2 Å². The highest BCUT2D eigenvalue weighted by molar-refractivity contribution is 5.02. The normalized spacial score (nSPS) is 63.9. The molecule has 3 aliphatic rings. The van der Waals surface area contributed by atoms with Crippen LogP contribution in [0.1, 0.15) is 6.92 Å². The Labute approximate surface area is 59.3 Å². The average molecular weight is 142 g/mol. The lowest BCUT2D eigenvalue weighted by Crippen LogP contribution is -2.33. The van der Waals surface area contributed by atoms with Crippen LogP contribution in [-0.4, -0.2) is 31.2 Å². The first kappa shape index (κ1) is 5.52. The minimum atomic E-state index is 0.0220. The molecular weight excluding hydrogens is 132 g/mol. The van der Waals surface area contributed by atoms with Crippen LogP contribution in [-0.2, 0) is 14.2 Å². The van der Waals surface area contributed by atoms with Gasteiger partial charge >= 0.3 is 0 Å². The van der Waals surface area contributed by atoms with Crippen LogP contribution in [0, 0.1) is 5.92 Å². The summed E-state index contributed by atoms with van der Waals surface area (Å²) in [6.07, 6.45) is 1.06. The fourth-order valence-corrected chi connectivity index (χ4v) is 1.90. The standard InChI is InChI=1S/C7H10O3/c1-3-5-6(10-5)4-2-8-7(3)9-4/h3-7H,2H2,1H3. The monoisotopic (exact) mass is 142 g/mol. The molecule has 0 spiro atoms. The molecule has 56 valence electrons. The fourth-order valence-electron chi connectivity index (χ4n) is 1.90. The number of epoxide rings is 1. The van der Waals surface area contributed by atoms with Crippen molar-refractivity contribution in [2.24, 2.45) is 5.92 Å². The highest BCUT2D eigenvalue weighted by atomic mass is 16.8. The molecule has 3 nitrogen and oxygen atoms in total. The van der Waals surface area contributed by atoms with E-state index in [4.69, 9.17) is 14.2 Å². The van der Waals surface area contributed by atoms with Gasteiger partial charge in [0, 0.05) is 5.92 Å². The molecule has 2 bridgehead atoms. The molecule has 5 atom stereocenters. The molecule has 0 amide bonds. The highest BCUT2D eigenvalue weighted by Gasteiger charge is 2.59. The largest absolute Gasteiger partial charge is 0.366 e. The van der Waals surface area contributed by atoms with E-state index in [2.05, 4.69) is 6.92 Å². The van der Waals surface area contributed by atoms with Crippen molar-refractivity contribution in [2.45, 2.75) is 31.5 Å². The van der Waals surface area contributed by atoms with Crippen molar-refractivity contribution in [2.75, 3.05) is 6.61 Å². The molecule has 0 radical (unpaired) electrons. The molecule has 0 saturated carbocycles. The SMILES string of the molecule is CC1C2OCC(O2)C2OC12. The third-order valence-corrected chi connectivity index (χ3v) is 2.61. The van der Waals surface area contributed by atoms with E-state index in [1.54, 1.807) is 0 Å². The number of fused-ring (bicyclic) bond motifs is 4. The van der Waals surface area contributed by atoms with Gasteiger partial charge < -0.3 is 14.2 Å². The molecule has 3 heteroatoms. The second kappa shape index (κ2) is 1.55. The second-order valence-electron chi connectivity index (χ2n) is 3.30. The Morgan fingerprint density at radius 2 is 2.10 bits per heavy atom. The molecule has 0 N–H and O–H groups in total. The summed E-state index contributed by atoms with van der Waals surface area (Å²) in [7, 11) is 0. The number of hydrogen-bond donors (Lipinski definition) is 0. The van der Waals surface area contributed by atoms with Gasteiger partial charge in [-0.15, -0.1) is 0 Å². The molecule has 10 heavy (non-hydrogen) atoms. The summed E-state index contributed by atoms with van der Waals surface area (Å²) in [5, 5.41) is 0. The maximum atomic E-state index is 5.52. The molecule has 0 aromatic carbocycles. The van der Waals surface area contributed by atoms with E-state index in [1.165, 1.54) is 0 Å². The van der Waals surface area contributed by atoms with Gasteiger partial charge in [-0.05, 0) is 0 Å². The van der Waals surface area contributed by atoms with Crippen LogP contribution in [0.25, 0.3) is 0 Å². The summed E-state index contributed by atoms with van der Waals surface area (Å²) in [4.78, 5) is 0. The number of rotatable bonds is 0. The summed E-state index contributed by atoms with van der Waals surface area (Å²) in [6, 6.07) is 0. The molecule has 0 aliphatic carbocycles. The van der Waals surface area contributed by atoms with Crippen molar-refractivity contribution < 1.29 is 14.2 Å². The summed E-state index contributed by atoms with van der Waals surface area (Å²) in [5.41, 5.74) is 0. The van der Waals surface area contributed by atoms with E-state index in [1.807, 2.05) is 0 Å². The fraction of sp³-hybridized carbons (Fsp3) is 1.00. The first-order valence-electron chi connectivity index (χ1n) is 3.79. The summed E-state index contributed by atoms with van der Waals surface area (Å²) in [5.74, 6) is 0.434. The second-order valence-corrected chi connectivity index (χ2v) is 3.30. The van der Waals surface area contributed by atoms with Gasteiger partial charge in [-0.1, -0.05) is 6.92 Å². The maximum absolute atomic E-state index is 5.52. The Bertz CT molecular complexity index is 168. The molecule has 0 aromatic rings. The molecule has 3 rings (SSSR count). The smallest absolute Gasteiger partial charge is 0.163 e. The van der Waals surface area contributed by atoms with E-state index in [9.17, 15) is 0 Å². The topological polar surface area (TPSA) is 31.0 Å². The Kier molecular flexibility index (Phi) is 0.854. The van der Waals surface area contributed by atoms with Crippen LogP contribution >= 0.6 is 0 Å². The highest BCUT2D eigenvalue weighted by Crippen LogP contribution is 2.44. The first-order valence-corrected chi connectivity index (χ1v) is 3.79. The number of ether oxygens (including phenoxy) is 3. The Balaban J connectivity index is 1.91. The van der Waals surface area contributed by atoms with Crippen LogP contribution < -0.4 is 0 Å². The molecule has 5 unspecified atom stereocenters. The third-order valence-electron chi connectivity index (χ3n) is 2.61. The van der Waals surface area contributed by atoms with Gasteiger partial charge in [-0.25, -0.2) is 0 Å². The van der Waals surface area contributed by atoms with E-state index in [-0.39, 0.29) is 12.4 Å². The molecule has 3 saturated heterocycles. The van der Waals surface area contributed by atoms with Crippen molar-refractivity contribution in [3.8, 4) is 0 Å². The summed E-state index contributed by atoms with van der Waals surface area (Å²) >= 11 is 0. The van der Waals surface area contributed by atoms with Gasteiger partial charge in [0.25, 0.3) is 0 Å². The Hall–Kier alpha value is -0.120. The lowest BCUT2D eigenvalue weighted by molar-refractivity contribution is -0.105. The quantitative estimate of drug-likeness (QED) is 0.451. The zero-order valence-electron chi connectivity index (χ0n) is 5.82. The van der Waals surface area contributed by atoms with Crippen LogP contribution in [0.3, 0.4) is 0 Å². The van der Waals surface area contributed by atoms with Gasteiger partial charge in [-0.3, -0.25) is 0 Å². The van der Waals surface area contributed by atoms with Crippen molar-refractivity contribution in [1.29, 1.82) is 0 Å². The van der Waals surface area contributed by atoms with Gasteiger partial charge in [0.15, 0.2) is 6.29 Å². The van der Waals surface area contributed by atoms with E-state index < -0.39 is 0 Å². The lowest BCUT2D eigenvalue weighted by Gasteiger charge is -2.19. The van der Waals surface area contributed by atoms with Crippen molar-refractivity contribution in [1.82, 2.24) is 0 Å².